The first kappa shape index (κ1) is 19.5. The van der Waals surface area contributed by atoms with Crippen LogP contribution in [0.2, 0.25) is 5.02 Å². The number of carbonyl (C=O) groups is 3. The topological polar surface area (TPSA) is 84.5 Å². The van der Waals surface area contributed by atoms with E-state index in [4.69, 9.17) is 16.3 Å². The van der Waals surface area contributed by atoms with Gasteiger partial charge < -0.3 is 4.74 Å². The van der Waals surface area contributed by atoms with E-state index in [9.17, 15) is 14.4 Å². The van der Waals surface area contributed by atoms with Crippen LogP contribution in [0.1, 0.15) is 37.4 Å². The van der Waals surface area contributed by atoms with Crippen molar-refractivity contribution in [1.29, 1.82) is 0 Å². The Morgan fingerprint density at radius 2 is 1.62 bits per heavy atom. The molecule has 6 nitrogen and oxygen atoms in total. The van der Waals surface area contributed by atoms with Gasteiger partial charge in [-0.15, -0.1) is 0 Å². The third kappa shape index (κ3) is 4.83. The van der Waals surface area contributed by atoms with Crippen LogP contribution >= 0.6 is 11.6 Å². The molecule has 0 heterocycles. The minimum atomic E-state index is -0.666. The third-order valence-electron chi connectivity index (χ3n) is 3.65. The summed E-state index contributed by atoms with van der Waals surface area (Å²) in [4.78, 5) is 35.9. The van der Waals surface area contributed by atoms with Gasteiger partial charge >= 0.3 is 5.97 Å². The van der Waals surface area contributed by atoms with Gasteiger partial charge in [-0.25, -0.2) is 4.79 Å². The molecule has 0 radical (unpaired) electrons. The van der Waals surface area contributed by atoms with Crippen molar-refractivity contribution in [3.05, 3.63) is 69.2 Å². The average molecular weight is 375 g/mol. The quantitative estimate of drug-likeness (QED) is 0.636. The van der Waals surface area contributed by atoms with Gasteiger partial charge in [0.05, 0.1) is 16.1 Å². The molecule has 2 rings (SSSR count). The molecule has 2 aromatic carbocycles. The summed E-state index contributed by atoms with van der Waals surface area (Å²) in [6.07, 6.45) is 0. The van der Waals surface area contributed by atoms with E-state index in [1.54, 1.807) is 32.0 Å². The van der Waals surface area contributed by atoms with Crippen molar-refractivity contribution in [3.8, 4) is 0 Å². The molecule has 0 aliphatic carbocycles. The number of benzene rings is 2. The maximum absolute atomic E-state index is 12.2. The Hall–Kier alpha value is -2.86. The highest BCUT2D eigenvalue weighted by Crippen LogP contribution is 2.17. The van der Waals surface area contributed by atoms with Crippen molar-refractivity contribution in [2.75, 3.05) is 6.61 Å². The van der Waals surface area contributed by atoms with E-state index in [0.29, 0.717) is 5.56 Å². The van der Waals surface area contributed by atoms with Gasteiger partial charge in [0.15, 0.2) is 6.61 Å². The molecule has 0 fully saturated rings. The number of hydrogen-bond acceptors (Lipinski definition) is 4. The smallest absolute Gasteiger partial charge is 0.339 e. The molecule has 136 valence electrons. The fraction of sp³-hybridized carbons (Fsp3) is 0.211. The van der Waals surface area contributed by atoms with E-state index in [-0.39, 0.29) is 10.6 Å². The average Bonchev–Trinajstić information content (AvgIpc) is 2.57. The van der Waals surface area contributed by atoms with Gasteiger partial charge in [0, 0.05) is 0 Å². The Kier molecular flexibility index (Phi) is 6.36. The molecule has 26 heavy (non-hydrogen) atoms. The molecule has 0 aliphatic rings. The fourth-order valence-electron chi connectivity index (χ4n) is 2.58. The van der Waals surface area contributed by atoms with Crippen LogP contribution in [-0.2, 0) is 9.53 Å². The van der Waals surface area contributed by atoms with Crippen LogP contribution in [0.5, 0.6) is 0 Å². The van der Waals surface area contributed by atoms with Crippen LogP contribution in [0.3, 0.4) is 0 Å². The van der Waals surface area contributed by atoms with Crippen LogP contribution in [-0.4, -0.2) is 24.4 Å². The molecule has 7 heteroatoms. The van der Waals surface area contributed by atoms with Gasteiger partial charge in [-0.2, -0.15) is 0 Å². The van der Waals surface area contributed by atoms with Crippen molar-refractivity contribution in [1.82, 2.24) is 10.9 Å². The van der Waals surface area contributed by atoms with Gasteiger partial charge in [-0.05, 0) is 44.0 Å². The maximum atomic E-state index is 12.2. The van der Waals surface area contributed by atoms with Crippen molar-refractivity contribution >= 4 is 29.4 Å². The molecular weight excluding hydrogens is 356 g/mol. The number of halogens is 1. The number of esters is 1. The van der Waals surface area contributed by atoms with Gasteiger partial charge in [-0.3, -0.25) is 20.4 Å². The van der Waals surface area contributed by atoms with Crippen LogP contribution in [0.15, 0.2) is 36.4 Å². The number of carbonyl (C=O) groups excluding carboxylic acids is 3. The lowest BCUT2D eigenvalue weighted by Crippen LogP contribution is -2.43. The second-order valence-corrected chi connectivity index (χ2v) is 6.24. The molecule has 0 unspecified atom stereocenters. The first-order valence-corrected chi connectivity index (χ1v) is 8.26. The lowest BCUT2D eigenvalue weighted by Gasteiger charge is -2.12. The summed E-state index contributed by atoms with van der Waals surface area (Å²) < 4.78 is 5.02. The predicted octanol–water partition coefficient (Wildman–Crippen LogP) is 2.88. The van der Waals surface area contributed by atoms with E-state index in [1.165, 1.54) is 6.07 Å². The highest BCUT2D eigenvalue weighted by atomic mass is 35.5. The van der Waals surface area contributed by atoms with Crippen molar-refractivity contribution in [3.63, 3.8) is 0 Å². The molecule has 0 aliphatic heterocycles. The van der Waals surface area contributed by atoms with Gasteiger partial charge in [0.2, 0.25) is 0 Å². The summed E-state index contributed by atoms with van der Waals surface area (Å²) in [7, 11) is 0. The monoisotopic (exact) mass is 374 g/mol. The molecule has 0 bridgehead atoms. The Labute approximate surface area is 156 Å². The Balaban J connectivity index is 1.88. The largest absolute Gasteiger partial charge is 0.452 e. The van der Waals surface area contributed by atoms with Gasteiger partial charge in [-0.1, -0.05) is 41.4 Å². The summed E-state index contributed by atoms with van der Waals surface area (Å²) in [5.41, 5.74) is 7.65. The molecule has 0 spiro atoms. The number of aryl methyl sites for hydroxylation is 3. The molecule has 2 N–H and O–H groups in total. The molecule has 0 saturated carbocycles. The summed E-state index contributed by atoms with van der Waals surface area (Å²) >= 11 is 5.90. The minimum absolute atomic E-state index is 0.220. The summed E-state index contributed by atoms with van der Waals surface area (Å²) in [5.74, 6) is -1.82. The van der Waals surface area contributed by atoms with Crippen LogP contribution in [0.4, 0.5) is 0 Å². The third-order valence-corrected chi connectivity index (χ3v) is 3.98. The number of hydrogen-bond donors (Lipinski definition) is 2. The van der Waals surface area contributed by atoms with Crippen LogP contribution < -0.4 is 10.9 Å². The fourth-order valence-corrected chi connectivity index (χ4v) is 2.80. The number of nitrogens with one attached hydrogen (secondary N) is 2. The zero-order chi connectivity index (χ0) is 19.3. The Morgan fingerprint density at radius 1 is 1.00 bits per heavy atom. The second-order valence-electron chi connectivity index (χ2n) is 5.83. The number of ether oxygens (including phenoxy) is 1. The molecule has 0 aromatic heterocycles. The zero-order valence-corrected chi connectivity index (χ0v) is 15.4. The SMILES string of the molecule is Cc1cc(C)c(C(=O)OCC(=O)NNC(=O)c2ccccc2Cl)c(C)c1. The lowest BCUT2D eigenvalue weighted by atomic mass is 10.00. The number of hydrazine groups is 1. The number of amides is 2. The van der Waals surface area contributed by atoms with E-state index < -0.39 is 24.4 Å². The highest BCUT2D eigenvalue weighted by Gasteiger charge is 2.16. The van der Waals surface area contributed by atoms with Crippen molar-refractivity contribution < 1.29 is 19.1 Å². The van der Waals surface area contributed by atoms with E-state index in [2.05, 4.69) is 10.9 Å². The summed E-state index contributed by atoms with van der Waals surface area (Å²) in [5, 5.41) is 0.260. The molecule has 2 amide bonds. The van der Waals surface area contributed by atoms with Crippen LogP contribution in [0, 0.1) is 20.8 Å². The van der Waals surface area contributed by atoms with Gasteiger partial charge in [0.1, 0.15) is 0 Å². The van der Waals surface area contributed by atoms with E-state index >= 15 is 0 Å². The summed E-state index contributed by atoms with van der Waals surface area (Å²) in [6.45, 7) is 5.03. The minimum Gasteiger partial charge on any atom is -0.452 e. The predicted molar refractivity (Wildman–Crippen MR) is 98.0 cm³/mol. The standard InChI is InChI=1S/C19H19ClN2O4/c1-11-8-12(2)17(13(3)9-11)19(25)26-10-16(23)21-22-18(24)14-6-4-5-7-15(14)20/h4-9H,10H2,1-3H3,(H,21,23)(H,22,24). The Bertz CT molecular complexity index is 841. The first-order valence-electron chi connectivity index (χ1n) is 7.88. The maximum Gasteiger partial charge on any atom is 0.339 e. The Morgan fingerprint density at radius 3 is 2.23 bits per heavy atom. The molecule has 0 atom stereocenters. The van der Waals surface area contributed by atoms with Crippen molar-refractivity contribution in [2.45, 2.75) is 20.8 Å². The normalized spacial score (nSPS) is 10.2. The zero-order valence-electron chi connectivity index (χ0n) is 14.7. The van der Waals surface area contributed by atoms with Crippen molar-refractivity contribution in [2.24, 2.45) is 0 Å². The van der Waals surface area contributed by atoms with Gasteiger partial charge in [0.25, 0.3) is 11.8 Å². The second kappa shape index (κ2) is 8.49. The van der Waals surface area contributed by atoms with Crippen LogP contribution in [0.25, 0.3) is 0 Å². The van der Waals surface area contributed by atoms with E-state index in [1.807, 2.05) is 19.1 Å². The molecule has 0 saturated heterocycles. The molecular formula is C19H19ClN2O4. The first-order chi connectivity index (χ1) is 12.3. The van der Waals surface area contributed by atoms with E-state index in [0.717, 1.165) is 16.7 Å². The number of rotatable bonds is 4. The molecule has 2 aromatic rings. The lowest BCUT2D eigenvalue weighted by molar-refractivity contribution is -0.125. The summed E-state index contributed by atoms with van der Waals surface area (Å²) in [6, 6.07) is 10.2. The highest BCUT2D eigenvalue weighted by molar-refractivity contribution is 6.33.